The molecule has 0 saturated carbocycles. The van der Waals surface area contributed by atoms with Crippen molar-refractivity contribution in [3.63, 3.8) is 0 Å². The van der Waals surface area contributed by atoms with E-state index in [1.807, 2.05) is 11.9 Å². The summed E-state index contributed by atoms with van der Waals surface area (Å²) in [4.78, 5) is 38.2. The van der Waals surface area contributed by atoms with Crippen LogP contribution in [-0.2, 0) is 0 Å². The van der Waals surface area contributed by atoms with Crippen LogP contribution in [0.4, 0.5) is 22.7 Å². The fraction of sp³-hybridized carbons (Fsp3) is 0.316. The van der Waals surface area contributed by atoms with Gasteiger partial charge in [0, 0.05) is 43.9 Å². The monoisotopic (exact) mass is 415 g/mol. The third kappa shape index (κ3) is 4.46. The second-order valence-electron chi connectivity index (χ2n) is 6.85. The first kappa shape index (κ1) is 21.0. The van der Waals surface area contributed by atoms with Gasteiger partial charge < -0.3 is 19.9 Å². The van der Waals surface area contributed by atoms with Gasteiger partial charge in [0.25, 0.3) is 17.3 Å². The SMILES string of the molecule is COc1cc([N+](=O)[O-])ccc1NC(=O)c1ccc(N2CCN(C)CC2)c([N+](=O)[O-])c1. The van der Waals surface area contributed by atoms with Crippen LogP contribution in [0.15, 0.2) is 36.4 Å². The number of hydrogen-bond acceptors (Lipinski definition) is 8. The number of hydrogen-bond donors (Lipinski definition) is 1. The number of carbonyl (C=O) groups excluding carboxylic acids is 1. The number of rotatable bonds is 6. The summed E-state index contributed by atoms with van der Waals surface area (Å²) in [7, 11) is 3.32. The van der Waals surface area contributed by atoms with Crippen LogP contribution in [0.2, 0.25) is 0 Å². The van der Waals surface area contributed by atoms with Crippen LogP contribution < -0.4 is 15.0 Å². The van der Waals surface area contributed by atoms with Crippen LogP contribution in [0, 0.1) is 20.2 Å². The highest BCUT2D eigenvalue weighted by Crippen LogP contribution is 2.32. The third-order valence-corrected chi connectivity index (χ3v) is 4.92. The Labute approximate surface area is 172 Å². The van der Waals surface area contributed by atoms with Crippen molar-refractivity contribution in [2.24, 2.45) is 0 Å². The smallest absolute Gasteiger partial charge is 0.293 e. The highest BCUT2D eigenvalue weighted by Gasteiger charge is 2.24. The lowest BCUT2D eigenvalue weighted by Crippen LogP contribution is -2.44. The van der Waals surface area contributed by atoms with Crippen molar-refractivity contribution in [1.29, 1.82) is 0 Å². The van der Waals surface area contributed by atoms with E-state index in [4.69, 9.17) is 4.74 Å². The fourth-order valence-corrected chi connectivity index (χ4v) is 3.22. The van der Waals surface area contributed by atoms with Crippen LogP contribution in [-0.4, -0.2) is 61.0 Å². The van der Waals surface area contributed by atoms with E-state index in [0.29, 0.717) is 18.8 Å². The van der Waals surface area contributed by atoms with Gasteiger partial charge in [-0.1, -0.05) is 0 Å². The molecule has 0 unspecified atom stereocenters. The predicted octanol–water partition coefficient (Wildman–Crippen LogP) is 2.52. The zero-order valence-corrected chi connectivity index (χ0v) is 16.5. The molecule has 1 amide bonds. The summed E-state index contributed by atoms with van der Waals surface area (Å²) in [6.07, 6.45) is 0. The molecule has 0 atom stereocenters. The summed E-state index contributed by atoms with van der Waals surface area (Å²) < 4.78 is 5.10. The molecule has 1 N–H and O–H groups in total. The molecule has 1 saturated heterocycles. The molecule has 158 valence electrons. The number of non-ortho nitro benzene ring substituents is 1. The predicted molar refractivity (Wildman–Crippen MR) is 110 cm³/mol. The Kier molecular flexibility index (Phi) is 6.11. The maximum absolute atomic E-state index is 12.7. The van der Waals surface area contributed by atoms with Crippen LogP contribution in [0.5, 0.6) is 5.75 Å². The number of carbonyl (C=O) groups is 1. The molecule has 0 bridgehead atoms. The van der Waals surface area contributed by atoms with Crippen molar-refractivity contribution in [3.05, 3.63) is 62.2 Å². The molecule has 1 fully saturated rings. The van der Waals surface area contributed by atoms with Gasteiger partial charge in [-0.15, -0.1) is 0 Å². The number of piperazine rings is 1. The van der Waals surface area contributed by atoms with Crippen molar-refractivity contribution in [1.82, 2.24) is 4.90 Å². The van der Waals surface area contributed by atoms with E-state index in [0.717, 1.165) is 13.1 Å². The van der Waals surface area contributed by atoms with Gasteiger partial charge in [-0.05, 0) is 25.2 Å². The van der Waals surface area contributed by atoms with Crippen LogP contribution in [0.1, 0.15) is 10.4 Å². The summed E-state index contributed by atoms with van der Waals surface area (Å²) in [5.74, 6) is -0.476. The molecule has 1 aliphatic rings. The molecule has 11 nitrogen and oxygen atoms in total. The van der Waals surface area contributed by atoms with Crippen molar-refractivity contribution >= 4 is 28.7 Å². The number of nitro groups is 2. The Morgan fingerprint density at radius 1 is 1.03 bits per heavy atom. The Morgan fingerprint density at radius 3 is 2.33 bits per heavy atom. The summed E-state index contributed by atoms with van der Waals surface area (Å²) >= 11 is 0. The van der Waals surface area contributed by atoms with Crippen LogP contribution >= 0.6 is 0 Å². The zero-order valence-electron chi connectivity index (χ0n) is 16.5. The molecule has 30 heavy (non-hydrogen) atoms. The Balaban J connectivity index is 1.85. The highest BCUT2D eigenvalue weighted by molar-refractivity contribution is 6.06. The lowest BCUT2D eigenvalue weighted by molar-refractivity contribution is -0.384. The Bertz CT molecular complexity index is 987. The van der Waals surface area contributed by atoms with E-state index in [-0.39, 0.29) is 28.4 Å². The standard InChI is InChI=1S/C19H21N5O6/c1-21-7-9-22(10-8-21)16-6-3-13(11-17(16)24(28)29)19(25)20-15-5-4-14(23(26)27)12-18(15)30-2/h3-6,11-12H,7-10H2,1-2H3,(H,20,25). The van der Waals surface area contributed by atoms with Crippen molar-refractivity contribution in [3.8, 4) is 5.75 Å². The van der Waals surface area contributed by atoms with Crippen molar-refractivity contribution < 1.29 is 19.4 Å². The average Bonchev–Trinajstić information content (AvgIpc) is 2.74. The van der Waals surface area contributed by atoms with Gasteiger partial charge in [0.2, 0.25) is 0 Å². The number of nitro benzene ring substituents is 2. The number of methoxy groups -OCH3 is 1. The second-order valence-corrected chi connectivity index (χ2v) is 6.85. The second kappa shape index (κ2) is 8.74. The molecule has 2 aromatic rings. The van der Waals surface area contributed by atoms with Gasteiger partial charge in [-0.2, -0.15) is 0 Å². The van der Waals surface area contributed by atoms with E-state index in [2.05, 4.69) is 10.2 Å². The molecule has 0 aromatic heterocycles. The van der Waals surface area contributed by atoms with Gasteiger partial charge in [0.1, 0.15) is 11.4 Å². The first-order valence-corrected chi connectivity index (χ1v) is 9.16. The van der Waals surface area contributed by atoms with Gasteiger partial charge in [0.05, 0.1) is 28.7 Å². The molecule has 0 spiro atoms. The van der Waals surface area contributed by atoms with E-state index in [1.165, 1.54) is 37.4 Å². The molecular formula is C19H21N5O6. The zero-order chi connectivity index (χ0) is 21.8. The summed E-state index contributed by atoms with van der Waals surface area (Å²) in [6, 6.07) is 8.10. The van der Waals surface area contributed by atoms with Gasteiger partial charge in [-0.3, -0.25) is 25.0 Å². The normalized spacial score (nSPS) is 14.3. The number of benzene rings is 2. The quantitative estimate of drug-likeness (QED) is 0.562. The molecule has 1 aliphatic heterocycles. The van der Waals surface area contributed by atoms with Crippen molar-refractivity contribution in [2.75, 3.05) is 50.6 Å². The number of ether oxygens (including phenoxy) is 1. The third-order valence-electron chi connectivity index (χ3n) is 4.92. The molecule has 0 radical (unpaired) electrons. The maximum Gasteiger partial charge on any atom is 0.293 e. The minimum absolute atomic E-state index is 0.0972. The number of nitrogens with zero attached hydrogens (tertiary/aromatic N) is 4. The maximum atomic E-state index is 12.7. The average molecular weight is 415 g/mol. The van der Waals surface area contributed by atoms with Gasteiger partial charge in [-0.25, -0.2) is 0 Å². The Hall–Kier alpha value is -3.73. The van der Waals surface area contributed by atoms with E-state index < -0.39 is 15.8 Å². The van der Waals surface area contributed by atoms with Crippen LogP contribution in [0.25, 0.3) is 0 Å². The lowest BCUT2D eigenvalue weighted by atomic mass is 10.1. The minimum atomic E-state index is -0.588. The first-order valence-electron chi connectivity index (χ1n) is 9.16. The summed E-state index contributed by atoms with van der Waals surface area (Å²) in [5.41, 5.74) is 0.455. The first-order chi connectivity index (χ1) is 14.3. The van der Waals surface area contributed by atoms with E-state index in [9.17, 15) is 25.0 Å². The highest BCUT2D eigenvalue weighted by atomic mass is 16.6. The molecule has 2 aromatic carbocycles. The van der Waals surface area contributed by atoms with Gasteiger partial charge in [0.15, 0.2) is 0 Å². The number of amides is 1. The topological polar surface area (TPSA) is 131 Å². The lowest BCUT2D eigenvalue weighted by Gasteiger charge is -2.33. The van der Waals surface area contributed by atoms with Gasteiger partial charge >= 0.3 is 0 Å². The fourth-order valence-electron chi connectivity index (χ4n) is 3.22. The number of anilines is 2. The molecule has 3 rings (SSSR count). The van der Waals surface area contributed by atoms with E-state index >= 15 is 0 Å². The molecule has 0 aliphatic carbocycles. The largest absolute Gasteiger partial charge is 0.494 e. The number of nitrogens with one attached hydrogen (secondary N) is 1. The summed E-state index contributed by atoms with van der Waals surface area (Å²) in [5, 5.41) is 25.1. The molecule has 11 heteroatoms. The van der Waals surface area contributed by atoms with Crippen LogP contribution in [0.3, 0.4) is 0 Å². The van der Waals surface area contributed by atoms with Crippen molar-refractivity contribution in [2.45, 2.75) is 0 Å². The van der Waals surface area contributed by atoms with E-state index in [1.54, 1.807) is 6.07 Å². The Morgan fingerprint density at radius 2 is 1.73 bits per heavy atom. The number of likely N-dealkylation sites (N-methyl/N-ethyl adjacent to an activating group) is 1. The summed E-state index contributed by atoms with van der Waals surface area (Å²) in [6.45, 7) is 2.89. The molecule has 1 heterocycles. The minimum Gasteiger partial charge on any atom is -0.494 e. The molecular weight excluding hydrogens is 394 g/mol.